The van der Waals surface area contributed by atoms with E-state index in [1.165, 1.54) is 49.1 Å². The van der Waals surface area contributed by atoms with Crippen LogP contribution in [-0.2, 0) is 41.7 Å². The van der Waals surface area contributed by atoms with E-state index in [0.29, 0.717) is 30.3 Å². The smallest absolute Gasteiger partial charge is 0.163 e. The number of allylic oxidation sites excluding steroid dienone is 1. The molecular formula is C48H61N3O5. The van der Waals surface area contributed by atoms with Gasteiger partial charge < -0.3 is 26.0 Å². The van der Waals surface area contributed by atoms with Gasteiger partial charge in [0.15, 0.2) is 17.3 Å². The van der Waals surface area contributed by atoms with Gasteiger partial charge in [0, 0.05) is 19.2 Å². The fourth-order valence-corrected chi connectivity index (χ4v) is 7.96. The Bertz CT molecular complexity index is 1870. The molecule has 0 aliphatic carbocycles. The molecular weight excluding hydrogens is 699 g/mol. The number of carbonyl (C=O) groups excluding carboxylic acids is 2. The van der Waals surface area contributed by atoms with Crippen LogP contribution in [0.5, 0.6) is 11.5 Å². The lowest BCUT2D eigenvalue weighted by Crippen LogP contribution is -2.28. The summed E-state index contributed by atoms with van der Waals surface area (Å²) in [6.07, 6.45) is 17.5. The van der Waals surface area contributed by atoms with E-state index >= 15 is 0 Å². The van der Waals surface area contributed by atoms with E-state index in [9.17, 15) is 19.8 Å². The molecule has 0 unspecified atom stereocenters. The van der Waals surface area contributed by atoms with Crippen molar-refractivity contribution >= 4 is 23.5 Å². The Morgan fingerprint density at radius 1 is 0.875 bits per heavy atom. The number of rotatable bonds is 23. The van der Waals surface area contributed by atoms with Crippen molar-refractivity contribution in [3.05, 3.63) is 124 Å². The summed E-state index contributed by atoms with van der Waals surface area (Å²) in [5.41, 5.74) is 13.6. The number of nitrogens with two attached hydrogens (primary N) is 1. The van der Waals surface area contributed by atoms with Gasteiger partial charge in [-0.1, -0.05) is 79.9 Å². The SMILES string of the molecule is COc1cc(/C=C/C(=O)CC(=O)CCC[C@H](CCCO)CCC2CCNCC2)c(Cc2cnc(N)cc2CCc2cccc(CCc3ccccc3)c2)cc1O. The zero-order valence-electron chi connectivity index (χ0n) is 33.2. The number of nitrogens with one attached hydrogen (secondary N) is 1. The average molecular weight is 760 g/mol. The number of aliphatic hydroxyl groups is 1. The Hall–Kier alpha value is -4.79. The van der Waals surface area contributed by atoms with E-state index in [4.69, 9.17) is 10.5 Å². The molecule has 0 saturated carbocycles. The summed E-state index contributed by atoms with van der Waals surface area (Å²) in [5.74, 6) is 1.72. The molecule has 1 aliphatic heterocycles. The highest BCUT2D eigenvalue weighted by Gasteiger charge is 2.18. The van der Waals surface area contributed by atoms with Gasteiger partial charge in [0.2, 0.25) is 0 Å². The number of benzene rings is 3. The number of aromatic nitrogens is 1. The minimum atomic E-state index is -0.253. The molecule has 1 aromatic heterocycles. The van der Waals surface area contributed by atoms with Gasteiger partial charge in [-0.15, -0.1) is 0 Å². The third-order valence-corrected chi connectivity index (χ3v) is 11.2. The number of carbonyl (C=O) groups is 2. The maximum absolute atomic E-state index is 13.0. The van der Waals surface area contributed by atoms with Crippen LogP contribution in [-0.4, -0.2) is 53.6 Å². The Balaban J connectivity index is 1.18. The molecule has 1 atom stereocenters. The lowest BCUT2D eigenvalue weighted by atomic mass is 9.85. The first-order chi connectivity index (χ1) is 27.3. The summed E-state index contributed by atoms with van der Waals surface area (Å²) in [5, 5.41) is 23.6. The molecule has 5 N–H and O–H groups in total. The molecule has 298 valence electrons. The fourth-order valence-electron chi connectivity index (χ4n) is 7.96. The maximum atomic E-state index is 13.0. The van der Waals surface area contributed by atoms with Crippen LogP contribution in [0, 0.1) is 11.8 Å². The van der Waals surface area contributed by atoms with Crippen LogP contribution in [0.15, 0.2) is 85.1 Å². The van der Waals surface area contributed by atoms with E-state index in [1.54, 1.807) is 24.4 Å². The monoisotopic (exact) mass is 759 g/mol. The minimum Gasteiger partial charge on any atom is -0.504 e. The summed E-state index contributed by atoms with van der Waals surface area (Å²) < 4.78 is 5.41. The van der Waals surface area contributed by atoms with Gasteiger partial charge in [-0.2, -0.15) is 0 Å². The minimum absolute atomic E-state index is 0.00599. The van der Waals surface area contributed by atoms with Crippen LogP contribution in [0.2, 0.25) is 0 Å². The molecule has 56 heavy (non-hydrogen) atoms. The molecule has 0 radical (unpaired) electrons. The molecule has 1 aliphatic rings. The topological polar surface area (TPSA) is 135 Å². The van der Waals surface area contributed by atoms with Crippen molar-refractivity contribution in [1.82, 2.24) is 10.3 Å². The zero-order chi connectivity index (χ0) is 39.5. The summed E-state index contributed by atoms with van der Waals surface area (Å²) in [6.45, 7) is 2.39. The van der Waals surface area contributed by atoms with Crippen molar-refractivity contribution in [2.75, 3.05) is 32.5 Å². The summed E-state index contributed by atoms with van der Waals surface area (Å²) >= 11 is 0. The number of hydrogen-bond donors (Lipinski definition) is 4. The van der Waals surface area contributed by atoms with E-state index < -0.39 is 0 Å². The predicted molar refractivity (Wildman–Crippen MR) is 226 cm³/mol. The Morgan fingerprint density at radius 3 is 2.34 bits per heavy atom. The predicted octanol–water partition coefficient (Wildman–Crippen LogP) is 8.42. The van der Waals surface area contributed by atoms with Crippen LogP contribution >= 0.6 is 0 Å². The molecule has 2 heterocycles. The Kier molecular flexibility index (Phi) is 17.2. The Labute approximate surface area is 333 Å². The highest BCUT2D eigenvalue weighted by Crippen LogP contribution is 2.32. The van der Waals surface area contributed by atoms with Crippen LogP contribution in [0.25, 0.3) is 6.08 Å². The first-order valence-electron chi connectivity index (χ1n) is 20.6. The summed E-state index contributed by atoms with van der Waals surface area (Å²) in [6, 6.07) is 24.6. The molecule has 8 nitrogen and oxygen atoms in total. The highest BCUT2D eigenvalue weighted by atomic mass is 16.5. The zero-order valence-corrected chi connectivity index (χ0v) is 33.2. The van der Waals surface area contributed by atoms with Crippen molar-refractivity contribution in [2.24, 2.45) is 11.8 Å². The molecule has 5 rings (SSSR count). The first-order valence-corrected chi connectivity index (χ1v) is 20.6. The number of pyridine rings is 1. The number of hydrogen-bond acceptors (Lipinski definition) is 8. The number of aromatic hydroxyl groups is 1. The standard InChI is InChI=1S/C48H61N3O5/c1-56-47-31-40(21-22-45(54)33-44(53)14-6-10-36(13-7-27-52)15-16-37-23-25-50-26-24-37)42(30-46(47)55)29-43-34-51-48(49)32-41(43)20-19-39-12-5-11-38(28-39)18-17-35-8-3-2-4-9-35/h2-5,8-9,11-12,21-22,28,30-32,34,36-37,50,52,55H,6-7,10,13-20,23-27,29,33H2,1H3,(H2,49,51)/b22-21+/t36-/m1/s1. The van der Waals surface area contributed by atoms with E-state index in [2.05, 4.69) is 58.8 Å². The van der Waals surface area contributed by atoms with Crippen LogP contribution in [0.4, 0.5) is 5.82 Å². The number of piperidine rings is 1. The normalized spacial score (nSPS) is 13.9. The number of phenols is 1. The van der Waals surface area contributed by atoms with Gasteiger partial charge in [-0.25, -0.2) is 4.98 Å². The quantitative estimate of drug-likeness (QED) is 0.0438. The van der Waals surface area contributed by atoms with Crippen molar-refractivity contribution < 1.29 is 24.5 Å². The average Bonchev–Trinajstić information content (AvgIpc) is 3.21. The maximum Gasteiger partial charge on any atom is 0.163 e. The van der Waals surface area contributed by atoms with Gasteiger partial charge in [0.05, 0.1) is 13.5 Å². The molecule has 4 aromatic rings. The van der Waals surface area contributed by atoms with Crippen LogP contribution in [0.1, 0.15) is 103 Å². The third-order valence-electron chi connectivity index (χ3n) is 11.2. The molecule has 0 spiro atoms. The second-order valence-electron chi connectivity index (χ2n) is 15.5. The number of nitrogen functional groups attached to an aromatic ring is 1. The van der Waals surface area contributed by atoms with Crippen molar-refractivity contribution in [2.45, 2.75) is 96.3 Å². The number of Topliss-reactive ketones (excluding diaryl/α,β-unsaturated/α-hetero) is 1. The van der Waals surface area contributed by atoms with Gasteiger partial charge in [0.1, 0.15) is 11.6 Å². The van der Waals surface area contributed by atoms with Gasteiger partial charge in [-0.05, 0) is 152 Å². The van der Waals surface area contributed by atoms with Crippen LogP contribution < -0.4 is 15.8 Å². The second-order valence-corrected chi connectivity index (χ2v) is 15.5. The number of ether oxygens (including phenoxy) is 1. The lowest BCUT2D eigenvalue weighted by molar-refractivity contribution is -0.124. The third kappa shape index (κ3) is 14.1. The summed E-state index contributed by atoms with van der Waals surface area (Å²) in [7, 11) is 1.49. The highest BCUT2D eigenvalue weighted by molar-refractivity contribution is 6.06. The Morgan fingerprint density at radius 2 is 1.59 bits per heavy atom. The van der Waals surface area contributed by atoms with Crippen molar-refractivity contribution in [1.29, 1.82) is 0 Å². The molecule has 1 saturated heterocycles. The number of aliphatic hydroxyl groups excluding tert-OH is 1. The lowest BCUT2D eigenvalue weighted by Gasteiger charge is -2.25. The van der Waals surface area contributed by atoms with E-state index in [-0.39, 0.29) is 30.3 Å². The van der Waals surface area contributed by atoms with Gasteiger partial charge in [0.25, 0.3) is 0 Å². The number of aryl methyl sites for hydroxylation is 4. The molecule has 8 heteroatoms. The summed E-state index contributed by atoms with van der Waals surface area (Å²) in [4.78, 5) is 30.3. The number of nitrogens with zero attached hydrogens (tertiary/aromatic N) is 1. The van der Waals surface area contributed by atoms with Gasteiger partial charge >= 0.3 is 0 Å². The number of phenolic OH excluding ortho intramolecular Hbond substituents is 1. The van der Waals surface area contributed by atoms with Crippen molar-refractivity contribution in [3.63, 3.8) is 0 Å². The first kappa shape index (κ1) is 42.4. The fraction of sp³-hybridized carbons (Fsp3) is 0.438. The van der Waals surface area contributed by atoms with Crippen molar-refractivity contribution in [3.8, 4) is 11.5 Å². The number of methoxy groups -OCH3 is 1. The molecule has 0 amide bonds. The second kappa shape index (κ2) is 22.7. The molecule has 3 aromatic carbocycles. The number of ketones is 2. The van der Waals surface area contributed by atoms with Gasteiger partial charge in [-0.3, -0.25) is 9.59 Å². The van der Waals surface area contributed by atoms with E-state index in [1.807, 2.05) is 12.1 Å². The largest absolute Gasteiger partial charge is 0.504 e. The van der Waals surface area contributed by atoms with Crippen LogP contribution in [0.3, 0.4) is 0 Å². The molecule has 0 bridgehead atoms. The van der Waals surface area contributed by atoms with E-state index in [0.717, 1.165) is 99.0 Å². The molecule has 1 fully saturated rings. The number of anilines is 1.